The quantitative estimate of drug-likeness (QED) is 0.885. The van der Waals surface area contributed by atoms with Crippen molar-refractivity contribution in [2.45, 2.75) is 12.8 Å². The van der Waals surface area contributed by atoms with Gasteiger partial charge in [0.2, 0.25) is 0 Å². The molecule has 0 fully saturated rings. The minimum Gasteiger partial charge on any atom is -0.493 e. The van der Waals surface area contributed by atoms with Crippen molar-refractivity contribution in [1.29, 1.82) is 0 Å². The molecule has 5 nitrogen and oxygen atoms in total. The van der Waals surface area contributed by atoms with E-state index in [2.05, 4.69) is 10.6 Å². The molecular weight excluding hydrogens is 318 g/mol. The Kier molecular flexibility index (Phi) is 3.48. The summed E-state index contributed by atoms with van der Waals surface area (Å²) in [6.07, 6.45) is 1.43. The molecule has 4 rings (SSSR count). The second-order valence-electron chi connectivity index (χ2n) is 5.62. The molecule has 24 heavy (non-hydrogen) atoms. The Bertz CT molecular complexity index is 807. The number of anilines is 2. The number of ether oxygens (including phenoxy) is 2. The molecule has 2 heterocycles. The van der Waals surface area contributed by atoms with E-state index in [1.807, 2.05) is 6.07 Å². The number of rotatable bonds is 2. The highest BCUT2D eigenvalue weighted by Crippen LogP contribution is 2.44. The Hall–Kier alpha value is -2.83. The molecule has 0 unspecified atom stereocenters. The van der Waals surface area contributed by atoms with Gasteiger partial charge in [-0.05, 0) is 18.2 Å². The Morgan fingerprint density at radius 3 is 2.67 bits per heavy atom. The number of amides is 2. The van der Waals surface area contributed by atoms with Gasteiger partial charge >= 0.3 is 6.03 Å². The van der Waals surface area contributed by atoms with Crippen molar-refractivity contribution in [3.05, 3.63) is 47.0 Å². The minimum absolute atomic E-state index is 0.160. The number of carbonyl (C=O) groups is 1. The summed E-state index contributed by atoms with van der Waals surface area (Å²) < 4.78 is 37.4. The van der Waals surface area contributed by atoms with Crippen molar-refractivity contribution < 1.29 is 23.0 Å². The second-order valence-corrected chi connectivity index (χ2v) is 5.62. The third-order valence-electron chi connectivity index (χ3n) is 4.07. The molecule has 2 aromatic rings. The number of halogens is 2. The van der Waals surface area contributed by atoms with Crippen LogP contribution in [0.15, 0.2) is 24.3 Å². The molecule has 124 valence electrons. The maximum atomic E-state index is 13.2. The van der Waals surface area contributed by atoms with E-state index in [0.717, 1.165) is 35.4 Å². The lowest BCUT2D eigenvalue weighted by molar-refractivity contribution is 0.262. The number of benzene rings is 2. The Morgan fingerprint density at radius 1 is 1.00 bits per heavy atom. The standard InChI is InChI=1S/C17H14F2N2O3/c18-12-2-1-10(8-13(12)19)20-17(22)21-15-11-4-6-23-14(11)7-9-3-5-24-16(9)15/h1-2,7-8H,3-6H2,(H2,20,21,22). The third kappa shape index (κ3) is 2.51. The van der Waals surface area contributed by atoms with Crippen molar-refractivity contribution in [3.63, 3.8) is 0 Å². The lowest BCUT2D eigenvalue weighted by Gasteiger charge is -2.14. The Balaban J connectivity index is 1.59. The fraction of sp³-hybridized carbons (Fsp3) is 0.235. The number of carbonyl (C=O) groups excluding carboxylic acids is 1. The number of hydrogen-bond donors (Lipinski definition) is 2. The lowest BCUT2D eigenvalue weighted by Crippen LogP contribution is -2.20. The molecule has 0 spiro atoms. The largest absolute Gasteiger partial charge is 0.493 e. The SMILES string of the molecule is O=C(Nc1ccc(F)c(F)c1)Nc1c2c(cc3c1OCC3)OCC2. The molecule has 0 aromatic heterocycles. The van der Waals surface area contributed by atoms with Gasteiger partial charge in [0.15, 0.2) is 11.6 Å². The Morgan fingerprint density at radius 2 is 1.83 bits per heavy atom. The predicted molar refractivity (Wildman–Crippen MR) is 83.8 cm³/mol. The molecule has 2 N–H and O–H groups in total. The van der Waals surface area contributed by atoms with E-state index in [0.29, 0.717) is 31.1 Å². The van der Waals surface area contributed by atoms with Gasteiger partial charge in [-0.15, -0.1) is 0 Å². The van der Waals surface area contributed by atoms with Crippen molar-refractivity contribution in [2.75, 3.05) is 23.8 Å². The zero-order chi connectivity index (χ0) is 16.7. The van der Waals surface area contributed by atoms with Gasteiger partial charge in [0.25, 0.3) is 0 Å². The van der Waals surface area contributed by atoms with Crippen LogP contribution in [-0.2, 0) is 12.8 Å². The molecule has 0 radical (unpaired) electrons. The highest BCUT2D eigenvalue weighted by Gasteiger charge is 2.27. The molecule has 0 aliphatic carbocycles. The first-order valence-corrected chi connectivity index (χ1v) is 7.59. The molecule has 2 aromatic carbocycles. The highest BCUT2D eigenvalue weighted by molar-refractivity contribution is 6.02. The highest BCUT2D eigenvalue weighted by atomic mass is 19.2. The maximum absolute atomic E-state index is 13.2. The fourth-order valence-corrected chi connectivity index (χ4v) is 2.97. The van der Waals surface area contributed by atoms with Gasteiger partial charge in [-0.2, -0.15) is 0 Å². The average Bonchev–Trinajstić information content (AvgIpc) is 3.19. The van der Waals surface area contributed by atoms with Crippen LogP contribution in [-0.4, -0.2) is 19.2 Å². The van der Waals surface area contributed by atoms with Gasteiger partial charge in [0.1, 0.15) is 11.5 Å². The smallest absolute Gasteiger partial charge is 0.323 e. The summed E-state index contributed by atoms with van der Waals surface area (Å²) in [6, 6.07) is 4.56. The minimum atomic E-state index is -1.02. The normalized spacial score (nSPS) is 14.4. The predicted octanol–water partition coefficient (Wildman–Crippen LogP) is 3.48. The monoisotopic (exact) mass is 332 g/mol. The summed E-state index contributed by atoms with van der Waals surface area (Å²) in [6.45, 7) is 1.11. The van der Waals surface area contributed by atoms with Crippen molar-refractivity contribution in [1.82, 2.24) is 0 Å². The molecular formula is C17H14F2N2O3. The zero-order valence-corrected chi connectivity index (χ0v) is 12.6. The van der Waals surface area contributed by atoms with Crippen LogP contribution >= 0.6 is 0 Å². The molecule has 2 aliphatic heterocycles. The van der Waals surface area contributed by atoms with Crippen LogP contribution in [0.2, 0.25) is 0 Å². The first-order chi connectivity index (χ1) is 11.6. The van der Waals surface area contributed by atoms with Gasteiger partial charge < -0.3 is 20.1 Å². The summed E-state index contributed by atoms with van der Waals surface area (Å²) in [4.78, 5) is 12.2. The molecule has 0 saturated carbocycles. The first-order valence-electron chi connectivity index (χ1n) is 7.59. The van der Waals surface area contributed by atoms with Gasteiger partial charge in [-0.25, -0.2) is 13.6 Å². The molecule has 0 saturated heterocycles. The van der Waals surface area contributed by atoms with Crippen LogP contribution in [0, 0.1) is 11.6 Å². The van der Waals surface area contributed by atoms with Crippen molar-refractivity contribution >= 4 is 17.4 Å². The van der Waals surface area contributed by atoms with Gasteiger partial charge in [-0.1, -0.05) is 0 Å². The third-order valence-corrected chi connectivity index (χ3v) is 4.07. The summed E-state index contributed by atoms with van der Waals surface area (Å²) >= 11 is 0. The van der Waals surface area contributed by atoms with E-state index in [9.17, 15) is 13.6 Å². The van der Waals surface area contributed by atoms with Gasteiger partial charge in [0, 0.05) is 35.7 Å². The van der Waals surface area contributed by atoms with Crippen LogP contribution in [0.3, 0.4) is 0 Å². The van der Waals surface area contributed by atoms with Crippen LogP contribution in [0.25, 0.3) is 0 Å². The topological polar surface area (TPSA) is 59.6 Å². The van der Waals surface area contributed by atoms with Crippen LogP contribution < -0.4 is 20.1 Å². The van der Waals surface area contributed by atoms with E-state index in [1.54, 1.807) is 0 Å². The summed E-state index contributed by atoms with van der Waals surface area (Å²) in [5, 5.41) is 5.24. The fourth-order valence-electron chi connectivity index (χ4n) is 2.97. The average molecular weight is 332 g/mol. The van der Waals surface area contributed by atoms with Crippen molar-refractivity contribution in [3.8, 4) is 11.5 Å². The summed E-state index contributed by atoms with van der Waals surface area (Å²) in [5.74, 6) is -0.585. The van der Waals surface area contributed by atoms with Crippen LogP contribution in [0.5, 0.6) is 11.5 Å². The zero-order valence-electron chi connectivity index (χ0n) is 12.6. The van der Waals surface area contributed by atoms with E-state index >= 15 is 0 Å². The van der Waals surface area contributed by atoms with E-state index in [1.165, 1.54) is 6.07 Å². The van der Waals surface area contributed by atoms with E-state index < -0.39 is 17.7 Å². The first kappa shape index (κ1) is 14.7. The second kappa shape index (κ2) is 5.67. The van der Waals surface area contributed by atoms with E-state index in [4.69, 9.17) is 9.47 Å². The maximum Gasteiger partial charge on any atom is 0.323 e. The van der Waals surface area contributed by atoms with Crippen LogP contribution in [0.4, 0.5) is 25.0 Å². The Labute approximate surface area is 136 Å². The molecule has 7 heteroatoms. The van der Waals surface area contributed by atoms with Crippen LogP contribution in [0.1, 0.15) is 11.1 Å². The van der Waals surface area contributed by atoms with Crippen molar-refractivity contribution in [2.24, 2.45) is 0 Å². The number of fused-ring (bicyclic) bond motifs is 2. The lowest BCUT2D eigenvalue weighted by atomic mass is 10.0. The molecule has 0 bridgehead atoms. The number of nitrogens with one attached hydrogen (secondary N) is 2. The molecule has 2 aliphatic rings. The number of urea groups is 1. The summed E-state index contributed by atoms with van der Waals surface area (Å²) in [7, 11) is 0. The summed E-state index contributed by atoms with van der Waals surface area (Å²) in [5.41, 5.74) is 2.61. The number of hydrogen-bond acceptors (Lipinski definition) is 3. The van der Waals surface area contributed by atoms with Gasteiger partial charge in [-0.3, -0.25) is 0 Å². The molecule has 2 amide bonds. The van der Waals surface area contributed by atoms with Gasteiger partial charge in [0.05, 0.1) is 18.9 Å². The molecule has 0 atom stereocenters. The van der Waals surface area contributed by atoms with E-state index in [-0.39, 0.29) is 5.69 Å².